The van der Waals surface area contributed by atoms with Crippen LogP contribution in [0.3, 0.4) is 0 Å². The Bertz CT molecular complexity index is 914. The second-order valence-electron chi connectivity index (χ2n) is 6.33. The molecule has 29 heavy (non-hydrogen) atoms. The first-order chi connectivity index (χ1) is 13.8. The summed E-state index contributed by atoms with van der Waals surface area (Å²) in [5, 5.41) is 16.0. The molecule has 2 amide bonds. The fourth-order valence-corrected chi connectivity index (χ4v) is 2.64. The molecule has 0 fully saturated rings. The summed E-state index contributed by atoms with van der Waals surface area (Å²) in [5.74, 6) is -1.52. The molecule has 0 aliphatic carbocycles. The van der Waals surface area contributed by atoms with E-state index in [-0.39, 0.29) is 18.0 Å². The Morgan fingerprint density at radius 2 is 1.83 bits per heavy atom. The number of esters is 1. The van der Waals surface area contributed by atoms with E-state index >= 15 is 0 Å². The molecule has 0 spiro atoms. The lowest BCUT2D eigenvalue weighted by atomic mass is 10.0. The van der Waals surface area contributed by atoms with Gasteiger partial charge in [0.15, 0.2) is 6.61 Å². The van der Waals surface area contributed by atoms with Crippen LogP contribution in [0.25, 0.3) is 0 Å². The van der Waals surface area contributed by atoms with Crippen LogP contribution < -0.4 is 10.6 Å². The van der Waals surface area contributed by atoms with E-state index in [4.69, 9.17) is 4.74 Å². The predicted octanol–water partition coefficient (Wildman–Crippen LogP) is 2.65. The Morgan fingerprint density at radius 1 is 1.14 bits per heavy atom. The van der Waals surface area contributed by atoms with Crippen molar-refractivity contribution in [2.75, 3.05) is 11.9 Å². The summed E-state index contributed by atoms with van der Waals surface area (Å²) in [5.41, 5.74) is 1.55. The minimum absolute atomic E-state index is 0.0862. The Hall–Kier alpha value is -3.75. The molecule has 0 radical (unpaired) electrons. The van der Waals surface area contributed by atoms with Crippen LogP contribution in [0.15, 0.2) is 48.5 Å². The van der Waals surface area contributed by atoms with E-state index in [1.165, 1.54) is 25.1 Å². The number of nitrogens with zero attached hydrogens (tertiary/aromatic N) is 1. The van der Waals surface area contributed by atoms with E-state index in [9.17, 15) is 24.5 Å². The second-order valence-corrected chi connectivity index (χ2v) is 6.33. The number of hydrogen-bond acceptors (Lipinski definition) is 6. The van der Waals surface area contributed by atoms with E-state index in [1.54, 1.807) is 31.2 Å². The molecule has 1 atom stereocenters. The lowest BCUT2D eigenvalue weighted by Crippen LogP contribution is -2.29. The third-order valence-corrected chi connectivity index (χ3v) is 4.01. The lowest BCUT2D eigenvalue weighted by molar-refractivity contribution is -0.384. The van der Waals surface area contributed by atoms with Crippen molar-refractivity contribution in [1.82, 2.24) is 5.32 Å². The first-order valence-electron chi connectivity index (χ1n) is 8.79. The van der Waals surface area contributed by atoms with Gasteiger partial charge in [-0.3, -0.25) is 24.5 Å². The molecule has 0 unspecified atom stereocenters. The summed E-state index contributed by atoms with van der Waals surface area (Å²) in [7, 11) is 0. The number of benzene rings is 2. The molecule has 9 heteroatoms. The Kier molecular flexibility index (Phi) is 7.41. The monoisotopic (exact) mass is 399 g/mol. The smallest absolute Gasteiger partial charge is 0.308 e. The largest absolute Gasteiger partial charge is 0.455 e. The van der Waals surface area contributed by atoms with Gasteiger partial charge in [0.1, 0.15) is 0 Å². The summed E-state index contributed by atoms with van der Waals surface area (Å²) in [6, 6.07) is 12.4. The number of amides is 2. The number of nitrogens with one attached hydrogen (secondary N) is 2. The van der Waals surface area contributed by atoms with Crippen LogP contribution in [0.5, 0.6) is 0 Å². The van der Waals surface area contributed by atoms with Gasteiger partial charge in [-0.1, -0.05) is 30.3 Å². The van der Waals surface area contributed by atoms with Crippen LogP contribution in [0.2, 0.25) is 0 Å². The fraction of sp³-hybridized carbons (Fsp3) is 0.250. The highest BCUT2D eigenvalue weighted by atomic mass is 16.6. The molecular formula is C20H21N3O6. The van der Waals surface area contributed by atoms with Gasteiger partial charge in [0, 0.05) is 24.7 Å². The number of carbonyl (C=O) groups is 3. The molecule has 2 rings (SSSR count). The van der Waals surface area contributed by atoms with Crippen LogP contribution in [0.1, 0.15) is 30.5 Å². The average Bonchev–Trinajstić information content (AvgIpc) is 2.67. The summed E-state index contributed by atoms with van der Waals surface area (Å²) in [6.07, 6.45) is -0.132. The minimum atomic E-state index is -0.650. The molecule has 0 aliphatic heterocycles. The third-order valence-electron chi connectivity index (χ3n) is 4.01. The molecule has 2 aromatic rings. The number of non-ortho nitro benzene ring substituents is 1. The second kappa shape index (κ2) is 9.98. The number of anilines is 1. The van der Waals surface area contributed by atoms with Gasteiger partial charge in [-0.15, -0.1) is 0 Å². The molecule has 0 saturated heterocycles. The quantitative estimate of drug-likeness (QED) is 0.399. The highest BCUT2D eigenvalue weighted by molar-refractivity contribution is 5.93. The van der Waals surface area contributed by atoms with Gasteiger partial charge in [-0.2, -0.15) is 0 Å². The highest BCUT2D eigenvalue weighted by Gasteiger charge is 2.19. The van der Waals surface area contributed by atoms with E-state index in [1.807, 2.05) is 6.07 Å². The summed E-state index contributed by atoms with van der Waals surface area (Å²) in [6.45, 7) is 2.45. The highest BCUT2D eigenvalue weighted by Crippen LogP contribution is 2.21. The van der Waals surface area contributed by atoms with Crippen molar-refractivity contribution in [2.45, 2.75) is 26.3 Å². The Labute approximate surface area is 167 Å². The first kappa shape index (κ1) is 21.5. The van der Waals surface area contributed by atoms with Crippen molar-refractivity contribution in [2.24, 2.45) is 0 Å². The van der Waals surface area contributed by atoms with Gasteiger partial charge in [0.2, 0.25) is 5.91 Å². The summed E-state index contributed by atoms with van der Waals surface area (Å²) < 4.78 is 5.00. The number of nitro benzene ring substituents is 1. The Morgan fingerprint density at radius 3 is 2.41 bits per heavy atom. The van der Waals surface area contributed by atoms with Gasteiger partial charge in [0.25, 0.3) is 11.6 Å². The maximum absolute atomic E-state index is 12.1. The molecule has 0 saturated carbocycles. The van der Waals surface area contributed by atoms with E-state index < -0.39 is 29.4 Å². The van der Waals surface area contributed by atoms with Crippen LogP contribution >= 0.6 is 0 Å². The molecule has 0 bridgehead atoms. The SMILES string of the molecule is CC(=O)N[C@@H](CC(=O)OCC(=O)Nc1ccc([N+](=O)[O-])cc1C)c1ccccc1. The lowest BCUT2D eigenvalue weighted by Gasteiger charge is -2.17. The van der Waals surface area contributed by atoms with Crippen molar-refractivity contribution in [3.63, 3.8) is 0 Å². The zero-order valence-electron chi connectivity index (χ0n) is 16.0. The van der Waals surface area contributed by atoms with Crippen LogP contribution in [-0.4, -0.2) is 29.3 Å². The molecule has 0 heterocycles. The van der Waals surface area contributed by atoms with E-state index in [2.05, 4.69) is 10.6 Å². The molecule has 0 aliphatic rings. The molecular weight excluding hydrogens is 378 g/mol. The van der Waals surface area contributed by atoms with Gasteiger partial charge in [-0.05, 0) is 24.1 Å². The van der Waals surface area contributed by atoms with Gasteiger partial charge in [0.05, 0.1) is 17.4 Å². The maximum atomic E-state index is 12.1. The zero-order chi connectivity index (χ0) is 21.4. The fourth-order valence-electron chi connectivity index (χ4n) is 2.64. The number of hydrogen-bond donors (Lipinski definition) is 2. The van der Waals surface area contributed by atoms with Crippen LogP contribution in [0.4, 0.5) is 11.4 Å². The van der Waals surface area contributed by atoms with Crippen molar-refractivity contribution in [1.29, 1.82) is 0 Å². The molecule has 2 aromatic carbocycles. The summed E-state index contributed by atoms with van der Waals surface area (Å²) in [4.78, 5) is 45.8. The zero-order valence-corrected chi connectivity index (χ0v) is 16.0. The standard InChI is InChI=1S/C20H21N3O6/c1-13-10-16(23(27)28)8-9-17(13)22-19(25)12-29-20(26)11-18(21-14(2)24)15-6-4-3-5-7-15/h3-10,18H,11-12H2,1-2H3,(H,21,24)(H,22,25)/t18-/m0/s1. The normalized spacial score (nSPS) is 11.2. The molecule has 2 N–H and O–H groups in total. The molecule has 0 aromatic heterocycles. The van der Waals surface area contributed by atoms with Crippen molar-refractivity contribution < 1.29 is 24.0 Å². The Balaban J connectivity index is 1.91. The summed E-state index contributed by atoms with van der Waals surface area (Å²) >= 11 is 0. The minimum Gasteiger partial charge on any atom is -0.455 e. The maximum Gasteiger partial charge on any atom is 0.308 e. The number of rotatable bonds is 8. The first-order valence-corrected chi connectivity index (χ1v) is 8.79. The molecule has 152 valence electrons. The predicted molar refractivity (Wildman–Crippen MR) is 105 cm³/mol. The van der Waals surface area contributed by atoms with Crippen LogP contribution in [0, 0.1) is 17.0 Å². The number of carbonyl (C=O) groups excluding carboxylic acids is 3. The van der Waals surface area contributed by atoms with Gasteiger partial charge in [-0.25, -0.2) is 0 Å². The van der Waals surface area contributed by atoms with E-state index in [0.717, 1.165) is 5.56 Å². The van der Waals surface area contributed by atoms with Crippen molar-refractivity contribution in [3.05, 3.63) is 69.8 Å². The van der Waals surface area contributed by atoms with Gasteiger partial charge >= 0.3 is 5.97 Å². The van der Waals surface area contributed by atoms with Crippen LogP contribution in [-0.2, 0) is 19.1 Å². The van der Waals surface area contributed by atoms with E-state index in [0.29, 0.717) is 11.3 Å². The number of nitro groups is 1. The van der Waals surface area contributed by atoms with Crippen molar-refractivity contribution >= 4 is 29.2 Å². The molecule has 9 nitrogen and oxygen atoms in total. The number of ether oxygens (including phenoxy) is 1. The number of aryl methyl sites for hydroxylation is 1. The third kappa shape index (κ3) is 6.73. The van der Waals surface area contributed by atoms with Crippen molar-refractivity contribution in [3.8, 4) is 0 Å². The topological polar surface area (TPSA) is 128 Å². The van der Waals surface area contributed by atoms with Gasteiger partial charge < -0.3 is 15.4 Å². The average molecular weight is 399 g/mol.